The highest BCUT2D eigenvalue weighted by molar-refractivity contribution is 6.67. The number of rotatable bonds is 5. The molecule has 0 spiro atoms. The van der Waals surface area contributed by atoms with Crippen molar-refractivity contribution in [1.29, 1.82) is 0 Å². The first-order valence-electron chi connectivity index (χ1n) is 14.4. The van der Waals surface area contributed by atoms with Crippen LogP contribution in [0.5, 0.6) is 23.0 Å². The molecule has 0 saturated carbocycles. The fourth-order valence-corrected chi connectivity index (χ4v) is 4.17. The number of esters is 1. The molecular formula is C39H33ClO10. The highest BCUT2D eigenvalue weighted by Gasteiger charge is 2.17. The number of halogens is 1. The molecule has 0 aliphatic carbocycles. The van der Waals surface area contributed by atoms with Crippen molar-refractivity contribution in [3.8, 4) is 45.6 Å². The molecule has 0 unspecified atom stereocenters. The van der Waals surface area contributed by atoms with Crippen LogP contribution >= 0.6 is 11.6 Å². The second-order valence-electron chi connectivity index (χ2n) is 10.5. The zero-order chi connectivity index (χ0) is 35.8. The number of allylic oxidation sites excluding steroid dienone is 1. The van der Waals surface area contributed by atoms with E-state index in [0.717, 1.165) is 0 Å². The van der Waals surface area contributed by atoms with Crippen LogP contribution in [0.1, 0.15) is 21.3 Å². The van der Waals surface area contributed by atoms with E-state index in [4.69, 9.17) is 25.2 Å². The van der Waals surface area contributed by atoms with Gasteiger partial charge in [-0.3, -0.25) is 14.4 Å². The number of hydrogen-bond donors (Lipinski definition) is 3. The minimum Gasteiger partial charge on any atom is -0.508 e. The predicted octanol–water partition coefficient (Wildman–Crippen LogP) is 8.48. The van der Waals surface area contributed by atoms with Gasteiger partial charge in [0.05, 0.1) is 10.8 Å². The summed E-state index contributed by atoms with van der Waals surface area (Å²) in [5.74, 6) is -1.19. The summed E-state index contributed by atoms with van der Waals surface area (Å²) in [7, 11) is 0. The Morgan fingerprint density at radius 3 is 1.50 bits per heavy atom. The van der Waals surface area contributed by atoms with Crippen molar-refractivity contribution in [1.82, 2.24) is 0 Å². The summed E-state index contributed by atoms with van der Waals surface area (Å²) in [6.07, 6.45) is 0. The molecule has 3 N–H and O–H groups in total. The predicted molar refractivity (Wildman–Crippen MR) is 194 cm³/mol. The van der Waals surface area contributed by atoms with Gasteiger partial charge < -0.3 is 28.9 Å². The summed E-state index contributed by atoms with van der Waals surface area (Å²) in [5.41, 5.74) is 1.28. The third kappa shape index (κ3) is 8.94. The van der Waals surface area contributed by atoms with Gasteiger partial charge in [-0.25, -0.2) is 4.79 Å². The van der Waals surface area contributed by atoms with E-state index in [2.05, 4.69) is 13.2 Å². The van der Waals surface area contributed by atoms with Gasteiger partial charge in [-0.1, -0.05) is 81.2 Å². The van der Waals surface area contributed by atoms with Crippen LogP contribution in [-0.4, -0.2) is 26.5 Å². The maximum Gasteiger partial charge on any atom is 0.338 e. The van der Waals surface area contributed by atoms with Gasteiger partial charge in [0, 0.05) is 22.3 Å². The third-order valence-electron chi connectivity index (χ3n) is 6.65. The topological polar surface area (TPSA) is 164 Å². The van der Waals surface area contributed by atoms with Crippen LogP contribution in [0.2, 0.25) is 0 Å². The molecule has 0 radical (unpaired) electrons. The average Bonchev–Trinajstić information content (AvgIpc) is 3.09. The number of aromatic hydroxyl groups is 3. The monoisotopic (exact) mass is 696 g/mol. The van der Waals surface area contributed by atoms with Crippen LogP contribution in [0.3, 0.4) is 0 Å². The van der Waals surface area contributed by atoms with Crippen LogP contribution in [0.4, 0.5) is 0 Å². The molecule has 2 heterocycles. The molecule has 6 aromatic rings. The molecule has 256 valence electrons. The molecule has 2 aromatic heterocycles. The lowest BCUT2D eigenvalue weighted by Gasteiger charge is -2.08. The number of hydrogen-bond acceptors (Lipinski definition) is 10. The van der Waals surface area contributed by atoms with Crippen LogP contribution < -0.4 is 15.6 Å². The quantitative estimate of drug-likeness (QED) is 0.0689. The summed E-state index contributed by atoms with van der Waals surface area (Å²) in [6, 6.07) is 26.3. The second-order valence-corrected chi connectivity index (χ2v) is 10.9. The lowest BCUT2D eigenvalue weighted by Crippen LogP contribution is -2.09. The van der Waals surface area contributed by atoms with Crippen molar-refractivity contribution in [3.63, 3.8) is 0 Å². The fourth-order valence-electron chi connectivity index (χ4n) is 4.17. The van der Waals surface area contributed by atoms with E-state index in [1.54, 1.807) is 55.5 Å². The van der Waals surface area contributed by atoms with Gasteiger partial charge in [0.15, 0.2) is 11.5 Å². The van der Waals surface area contributed by atoms with Crippen molar-refractivity contribution in [2.75, 3.05) is 0 Å². The first-order chi connectivity index (χ1) is 23.3. The van der Waals surface area contributed by atoms with E-state index in [1.165, 1.54) is 43.3 Å². The minimum atomic E-state index is -0.594. The second kappa shape index (κ2) is 16.6. The lowest BCUT2D eigenvalue weighted by atomic mass is 10.1. The molecule has 6 rings (SSSR count). The Labute approximate surface area is 291 Å². The van der Waals surface area contributed by atoms with Crippen molar-refractivity contribution in [2.45, 2.75) is 21.3 Å². The molecule has 0 fully saturated rings. The first kappa shape index (κ1) is 38.1. The van der Waals surface area contributed by atoms with Crippen molar-refractivity contribution in [2.24, 2.45) is 0 Å². The highest BCUT2D eigenvalue weighted by Crippen LogP contribution is 2.32. The summed E-state index contributed by atoms with van der Waals surface area (Å²) >= 11 is 4.87. The largest absolute Gasteiger partial charge is 0.508 e. The molecule has 0 saturated heterocycles. The van der Waals surface area contributed by atoms with Gasteiger partial charge in [-0.2, -0.15) is 0 Å². The van der Waals surface area contributed by atoms with Gasteiger partial charge in [0.25, 0.3) is 0 Å². The number of carbonyl (C=O) groups excluding carboxylic acids is 2. The van der Waals surface area contributed by atoms with Gasteiger partial charge in [0.2, 0.25) is 27.6 Å². The Balaban J connectivity index is 0.000000233. The van der Waals surface area contributed by atoms with Crippen LogP contribution in [0.25, 0.3) is 44.6 Å². The summed E-state index contributed by atoms with van der Waals surface area (Å²) in [6.45, 7) is 9.86. The number of fused-ring (bicyclic) bond motifs is 2. The number of phenols is 1. The van der Waals surface area contributed by atoms with E-state index in [1.807, 2.05) is 12.1 Å². The molecule has 0 aliphatic heterocycles. The molecule has 4 aromatic carbocycles. The molecule has 50 heavy (non-hydrogen) atoms. The zero-order valence-electron chi connectivity index (χ0n) is 26.2. The van der Waals surface area contributed by atoms with Crippen LogP contribution in [0, 0.1) is 0 Å². The molecule has 0 atom stereocenters. The molecule has 0 amide bonds. The van der Waals surface area contributed by atoms with Crippen molar-refractivity contribution in [3.05, 3.63) is 142 Å². The highest BCUT2D eigenvalue weighted by atomic mass is 35.5. The van der Waals surface area contributed by atoms with E-state index >= 15 is 0 Å². The summed E-state index contributed by atoms with van der Waals surface area (Å²) < 4.78 is 16.3. The van der Waals surface area contributed by atoms with Crippen molar-refractivity contribution >= 4 is 44.8 Å². The lowest BCUT2D eigenvalue weighted by molar-refractivity contribution is -0.130. The number of ether oxygens (including phenoxy) is 1. The maximum atomic E-state index is 12.4. The zero-order valence-corrected chi connectivity index (χ0v) is 27.0. The van der Waals surface area contributed by atoms with E-state index in [0.29, 0.717) is 22.3 Å². The van der Waals surface area contributed by atoms with E-state index in [9.17, 15) is 34.5 Å². The van der Waals surface area contributed by atoms with E-state index < -0.39 is 33.6 Å². The van der Waals surface area contributed by atoms with Gasteiger partial charge >= 0.3 is 5.97 Å². The smallest absolute Gasteiger partial charge is 0.338 e. The van der Waals surface area contributed by atoms with Crippen molar-refractivity contribution < 1.29 is 38.5 Å². The molecule has 0 aliphatic rings. The molecule has 0 bridgehead atoms. The Morgan fingerprint density at radius 1 is 0.660 bits per heavy atom. The normalized spacial score (nSPS) is 10.1. The number of phenolic OH excluding ortho intramolecular Hbond substituents is 1. The number of benzene rings is 4. The Bertz CT molecular complexity index is 2310. The SMILES string of the molecule is C.C=C(C)C(=O)Cl.C=C(C)C(=O)Oc1ccc2oc(-c3ccccc3)c(O)c(=O)c2c1.O=c1c(O)c(-c2ccccc2)oc2ccc(O)cc12. The molecular weight excluding hydrogens is 664 g/mol. The molecule has 10 nitrogen and oxygen atoms in total. The van der Waals surface area contributed by atoms with Gasteiger partial charge in [0.1, 0.15) is 22.7 Å². The standard InChI is InChI=1S/C19H14O5.C15H10O4.C4H5ClO.CH4/c1-11(2)19(22)23-13-8-9-15-14(10-13)16(20)17(21)18(24-15)12-6-4-3-5-7-12;16-10-6-7-12-11(8-10)13(17)14(18)15(19-12)9-4-2-1-3-5-9;1-3(2)4(5)6;/h3-10,21H,1H2,2H3;1-8,16,18H;1H2,2H3;1H4. The molecule has 11 heteroatoms. The Kier molecular flexibility index (Phi) is 12.7. The average molecular weight is 697 g/mol. The maximum absolute atomic E-state index is 12.4. The summed E-state index contributed by atoms with van der Waals surface area (Å²) in [4.78, 5) is 45.9. The Morgan fingerprint density at radius 2 is 1.08 bits per heavy atom. The van der Waals surface area contributed by atoms with Gasteiger partial charge in [-0.15, -0.1) is 0 Å². The minimum absolute atomic E-state index is 0. The third-order valence-corrected chi connectivity index (χ3v) is 6.98. The Hall–Kier alpha value is -6.39. The summed E-state index contributed by atoms with van der Waals surface area (Å²) in [5, 5.41) is 29.3. The first-order valence-corrected chi connectivity index (χ1v) is 14.8. The number of carbonyl (C=O) groups is 2. The van der Waals surface area contributed by atoms with E-state index in [-0.39, 0.29) is 52.4 Å². The van der Waals surface area contributed by atoms with Crippen LogP contribution in [-0.2, 0) is 9.59 Å². The van der Waals surface area contributed by atoms with Gasteiger partial charge in [-0.05, 0) is 61.8 Å². The fraction of sp³-hybridized carbons (Fsp3) is 0.0769. The van der Waals surface area contributed by atoms with Crippen LogP contribution in [0.15, 0.2) is 140 Å².